The normalized spacial score (nSPS) is 20.6. The molecular weight excluding hydrogens is 458 g/mol. The molecule has 0 radical (unpaired) electrons. The Hall–Kier alpha value is -3.27. The minimum absolute atomic E-state index is 0.138. The number of carbonyl (C=O) groups is 4. The number of nitrogens with zero attached hydrogens (tertiary/aromatic N) is 3. The van der Waals surface area contributed by atoms with Gasteiger partial charge in [-0.25, -0.2) is 9.78 Å². The molecule has 180 valence electrons. The molecule has 1 saturated heterocycles. The molecule has 2 aromatic rings. The average Bonchev–Trinajstić information content (AvgIpc) is 3.40. The number of thiazole rings is 1. The molecule has 3 atom stereocenters. The Morgan fingerprint density at radius 1 is 1.18 bits per heavy atom. The van der Waals surface area contributed by atoms with Crippen LogP contribution in [0.4, 0.5) is 10.8 Å². The van der Waals surface area contributed by atoms with Gasteiger partial charge in [0.05, 0.1) is 30.3 Å². The lowest BCUT2D eigenvalue weighted by atomic mass is 9.81. The number of rotatable bonds is 7. The monoisotopic (exact) mass is 485 g/mol. The highest BCUT2D eigenvalue weighted by molar-refractivity contribution is 7.14. The highest BCUT2D eigenvalue weighted by atomic mass is 32.1. The molecule has 1 saturated carbocycles. The summed E-state index contributed by atoms with van der Waals surface area (Å²) in [7, 11) is 1.52. The standard InChI is InChI=1S/C24H27N3O6S/c1-14(26-21(29)17-8-4-5-9-18(17)22(26)30)23(31)33-12-16-13-34-24(25-16)27(15(2)28)19-10-6-7-11-20(19)32-3/h6-7,10-11,13-14,17-18H,4-5,8-9,12H2,1-3H3. The Kier molecular flexibility index (Phi) is 6.97. The zero-order valence-electron chi connectivity index (χ0n) is 19.4. The summed E-state index contributed by atoms with van der Waals surface area (Å²) in [5.74, 6) is -1.56. The lowest BCUT2D eigenvalue weighted by Crippen LogP contribution is -2.44. The van der Waals surface area contributed by atoms with Crippen LogP contribution in [0.1, 0.15) is 45.2 Å². The van der Waals surface area contributed by atoms with Crippen molar-refractivity contribution >= 4 is 45.8 Å². The number of hydrogen-bond acceptors (Lipinski definition) is 8. The molecule has 0 N–H and O–H groups in total. The van der Waals surface area contributed by atoms with Gasteiger partial charge < -0.3 is 9.47 Å². The number of aromatic nitrogens is 1. The number of imide groups is 1. The molecule has 10 heteroatoms. The summed E-state index contributed by atoms with van der Waals surface area (Å²) >= 11 is 1.23. The molecule has 0 spiro atoms. The van der Waals surface area contributed by atoms with E-state index in [0.29, 0.717) is 35.1 Å². The van der Waals surface area contributed by atoms with Crippen molar-refractivity contribution < 1.29 is 28.7 Å². The number of benzene rings is 1. The van der Waals surface area contributed by atoms with Crippen molar-refractivity contribution in [3.63, 3.8) is 0 Å². The molecule has 0 bridgehead atoms. The van der Waals surface area contributed by atoms with Crippen LogP contribution < -0.4 is 9.64 Å². The molecule has 3 unspecified atom stereocenters. The van der Waals surface area contributed by atoms with E-state index in [1.807, 2.05) is 0 Å². The highest BCUT2D eigenvalue weighted by Crippen LogP contribution is 2.39. The fraction of sp³-hybridized carbons (Fsp3) is 0.458. The summed E-state index contributed by atoms with van der Waals surface area (Å²) in [5, 5.41) is 2.10. The van der Waals surface area contributed by atoms with Crippen LogP contribution in [-0.2, 0) is 30.5 Å². The third kappa shape index (κ3) is 4.42. The molecule has 9 nitrogen and oxygen atoms in total. The Morgan fingerprint density at radius 3 is 2.44 bits per heavy atom. The van der Waals surface area contributed by atoms with Crippen molar-refractivity contribution in [3.05, 3.63) is 35.3 Å². The second kappa shape index (κ2) is 9.92. The van der Waals surface area contributed by atoms with Gasteiger partial charge in [-0.3, -0.25) is 24.2 Å². The quantitative estimate of drug-likeness (QED) is 0.437. The summed E-state index contributed by atoms with van der Waals surface area (Å²) < 4.78 is 10.8. The maximum atomic E-state index is 12.7. The van der Waals surface area contributed by atoms with E-state index in [9.17, 15) is 19.2 Å². The number of esters is 1. The number of fused-ring (bicyclic) bond motifs is 1. The van der Waals surface area contributed by atoms with Crippen molar-refractivity contribution in [1.29, 1.82) is 0 Å². The van der Waals surface area contributed by atoms with Crippen LogP contribution in [0.15, 0.2) is 29.6 Å². The molecule has 1 aliphatic heterocycles. The lowest BCUT2D eigenvalue weighted by molar-refractivity contribution is -0.159. The van der Waals surface area contributed by atoms with E-state index < -0.39 is 12.0 Å². The van der Waals surface area contributed by atoms with Gasteiger partial charge in [0, 0.05) is 12.3 Å². The minimum atomic E-state index is -0.994. The first-order valence-electron chi connectivity index (χ1n) is 11.2. The molecule has 1 aliphatic carbocycles. The van der Waals surface area contributed by atoms with E-state index in [2.05, 4.69) is 4.98 Å². The first-order chi connectivity index (χ1) is 16.3. The Morgan fingerprint density at radius 2 is 1.82 bits per heavy atom. The lowest BCUT2D eigenvalue weighted by Gasteiger charge is -2.21. The fourth-order valence-corrected chi connectivity index (χ4v) is 5.49. The zero-order valence-corrected chi connectivity index (χ0v) is 20.2. The highest BCUT2D eigenvalue weighted by Gasteiger charge is 2.51. The van der Waals surface area contributed by atoms with E-state index in [1.54, 1.807) is 29.6 Å². The summed E-state index contributed by atoms with van der Waals surface area (Å²) in [4.78, 5) is 57.5. The molecule has 2 heterocycles. The maximum absolute atomic E-state index is 12.7. The molecule has 34 heavy (non-hydrogen) atoms. The van der Waals surface area contributed by atoms with Crippen LogP contribution in [0.3, 0.4) is 0 Å². The van der Waals surface area contributed by atoms with Crippen LogP contribution in [0.2, 0.25) is 0 Å². The van der Waals surface area contributed by atoms with E-state index in [-0.39, 0.29) is 36.2 Å². The number of amides is 3. The first kappa shape index (κ1) is 23.9. The van der Waals surface area contributed by atoms with Crippen LogP contribution in [0.5, 0.6) is 5.75 Å². The predicted molar refractivity (Wildman–Crippen MR) is 124 cm³/mol. The number of methoxy groups -OCH3 is 1. The SMILES string of the molecule is COc1ccccc1N(C(C)=O)c1nc(COC(=O)C(C)N2C(=O)C3CCCCC3C2=O)cs1. The number of hydrogen-bond donors (Lipinski definition) is 0. The van der Waals surface area contributed by atoms with Gasteiger partial charge >= 0.3 is 5.97 Å². The molecule has 1 aromatic heterocycles. The Balaban J connectivity index is 1.43. The second-order valence-corrected chi connectivity index (χ2v) is 9.31. The average molecular weight is 486 g/mol. The van der Waals surface area contributed by atoms with Gasteiger partial charge in [-0.05, 0) is 31.9 Å². The summed E-state index contributed by atoms with van der Waals surface area (Å²) in [6, 6.07) is 6.11. The first-order valence-corrected chi connectivity index (χ1v) is 12.1. The van der Waals surface area contributed by atoms with Crippen molar-refractivity contribution in [2.45, 2.75) is 52.2 Å². The minimum Gasteiger partial charge on any atom is -0.495 e. The van der Waals surface area contributed by atoms with Gasteiger partial charge in [0.1, 0.15) is 18.4 Å². The number of ether oxygens (including phenoxy) is 2. The molecule has 2 fully saturated rings. The maximum Gasteiger partial charge on any atom is 0.329 e. The largest absolute Gasteiger partial charge is 0.495 e. The van der Waals surface area contributed by atoms with Crippen molar-refractivity contribution in [2.75, 3.05) is 12.0 Å². The van der Waals surface area contributed by atoms with E-state index >= 15 is 0 Å². The summed E-state index contributed by atoms with van der Waals surface area (Å²) in [5.41, 5.74) is 1.01. The van der Waals surface area contributed by atoms with Crippen LogP contribution in [-0.4, -0.2) is 46.7 Å². The van der Waals surface area contributed by atoms with Crippen LogP contribution in [0, 0.1) is 11.8 Å². The number of likely N-dealkylation sites (tertiary alicyclic amines) is 1. The van der Waals surface area contributed by atoms with E-state index in [0.717, 1.165) is 17.7 Å². The van der Waals surface area contributed by atoms with Gasteiger partial charge in [-0.2, -0.15) is 0 Å². The number of para-hydroxylation sites is 2. The van der Waals surface area contributed by atoms with Gasteiger partial charge in [0.2, 0.25) is 17.7 Å². The van der Waals surface area contributed by atoms with Crippen LogP contribution in [0.25, 0.3) is 0 Å². The van der Waals surface area contributed by atoms with E-state index in [4.69, 9.17) is 9.47 Å². The number of anilines is 2. The van der Waals surface area contributed by atoms with Crippen molar-refractivity contribution in [2.24, 2.45) is 11.8 Å². The van der Waals surface area contributed by atoms with Crippen molar-refractivity contribution in [3.8, 4) is 5.75 Å². The molecule has 4 rings (SSSR count). The molecular formula is C24H27N3O6S. The predicted octanol–water partition coefficient (Wildman–Crippen LogP) is 3.44. The van der Waals surface area contributed by atoms with Gasteiger partial charge in [-0.1, -0.05) is 25.0 Å². The van der Waals surface area contributed by atoms with Crippen LogP contribution >= 0.6 is 11.3 Å². The Bertz CT molecular complexity index is 1090. The second-order valence-electron chi connectivity index (χ2n) is 8.48. The summed E-state index contributed by atoms with van der Waals surface area (Å²) in [6.07, 6.45) is 3.22. The third-order valence-electron chi connectivity index (χ3n) is 6.34. The van der Waals surface area contributed by atoms with Gasteiger partial charge in [-0.15, -0.1) is 11.3 Å². The topological polar surface area (TPSA) is 106 Å². The van der Waals surface area contributed by atoms with Crippen molar-refractivity contribution in [1.82, 2.24) is 9.88 Å². The molecule has 3 amide bonds. The van der Waals surface area contributed by atoms with Gasteiger partial charge in [0.25, 0.3) is 0 Å². The fourth-order valence-electron chi connectivity index (χ4n) is 4.63. The summed E-state index contributed by atoms with van der Waals surface area (Å²) in [6.45, 7) is 2.80. The van der Waals surface area contributed by atoms with Gasteiger partial charge in [0.15, 0.2) is 5.13 Å². The number of carbonyl (C=O) groups excluding carboxylic acids is 4. The third-order valence-corrected chi connectivity index (χ3v) is 7.21. The molecule has 1 aromatic carbocycles. The Labute approximate surface area is 201 Å². The van der Waals surface area contributed by atoms with E-state index in [1.165, 1.54) is 37.2 Å². The molecule has 2 aliphatic rings. The zero-order chi connectivity index (χ0) is 24.4. The smallest absolute Gasteiger partial charge is 0.329 e.